The second kappa shape index (κ2) is 5.98. The Bertz CT molecular complexity index is 460. The Labute approximate surface area is 103 Å². The molecule has 0 amide bonds. The summed E-state index contributed by atoms with van der Waals surface area (Å²) < 4.78 is 31.5. The van der Waals surface area contributed by atoms with Crippen molar-refractivity contribution < 1.29 is 13.0 Å². The maximum Gasteiger partial charge on any atom is 0.268 e. The molecule has 0 saturated carbocycles. The van der Waals surface area contributed by atoms with Crippen LogP contribution < -0.4 is 0 Å². The fourth-order valence-corrected chi connectivity index (χ4v) is 2.67. The summed E-state index contributed by atoms with van der Waals surface area (Å²) in [5.74, 6) is 0. The van der Waals surface area contributed by atoms with Crippen molar-refractivity contribution in [2.45, 2.75) is 31.4 Å². The summed E-state index contributed by atoms with van der Waals surface area (Å²) in [6.45, 7) is 5.56. The van der Waals surface area contributed by atoms with Gasteiger partial charge in [-0.1, -0.05) is 50.3 Å². The quantitative estimate of drug-likeness (QED) is 0.794. The second-order valence-corrected chi connectivity index (χ2v) is 5.77. The van der Waals surface area contributed by atoms with Gasteiger partial charge in [0.25, 0.3) is 10.1 Å². The molecule has 0 aliphatic heterocycles. The summed E-state index contributed by atoms with van der Waals surface area (Å²) in [5, 5.41) is -0.706. The molecule has 94 valence electrons. The van der Waals surface area contributed by atoms with E-state index >= 15 is 0 Å². The first-order chi connectivity index (χ1) is 7.97. The van der Waals surface area contributed by atoms with Crippen molar-refractivity contribution in [1.29, 1.82) is 0 Å². The molecule has 1 atom stereocenters. The second-order valence-electron chi connectivity index (χ2n) is 4.08. The maximum atomic E-state index is 11.2. The molecule has 0 heterocycles. The molecule has 0 fully saturated rings. The number of hydrogen-bond acceptors (Lipinski definition) is 2. The Morgan fingerprint density at radius 2 is 1.94 bits per heavy atom. The predicted molar refractivity (Wildman–Crippen MR) is 70.5 cm³/mol. The number of rotatable bonds is 6. The molecule has 1 N–H and O–H groups in total. The lowest BCUT2D eigenvalue weighted by Crippen LogP contribution is -2.22. The van der Waals surface area contributed by atoms with Crippen molar-refractivity contribution in [2.75, 3.05) is 0 Å². The molecule has 0 radical (unpaired) electrons. The van der Waals surface area contributed by atoms with Gasteiger partial charge in [0.1, 0.15) is 0 Å². The third-order valence-electron chi connectivity index (χ3n) is 2.71. The molecular weight excluding hydrogens is 236 g/mol. The highest BCUT2D eigenvalue weighted by atomic mass is 32.2. The zero-order chi connectivity index (χ0) is 12.9. The van der Waals surface area contributed by atoms with Crippen molar-refractivity contribution in [3.05, 3.63) is 42.0 Å². The van der Waals surface area contributed by atoms with Crippen molar-refractivity contribution in [3.63, 3.8) is 0 Å². The van der Waals surface area contributed by atoms with Crippen LogP contribution in [0.1, 0.15) is 30.9 Å². The minimum absolute atomic E-state index is 0.351. The first-order valence-electron chi connectivity index (χ1n) is 5.65. The highest BCUT2D eigenvalue weighted by Crippen LogP contribution is 2.15. The zero-order valence-electron chi connectivity index (χ0n) is 9.96. The molecule has 4 heteroatoms. The molecule has 1 aromatic carbocycles. The highest BCUT2D eigenvalue weighted by Gasteiger charge is 2.22. The number of hydrogen-bond donors (Lipinski definition) is 1. The number of benzene rings is 1. The van der Waals surface area contributed by atoms with Gasteiger partial charge < -0.3 is 0 Å². The molecule has 0 spiro atoms. The molecule has 0 aliphatic carbocycles. The average Bonchev–Trinajstić information content (AvgIpc) is 2.28. The maximum absolute atomic E-state index is 11.2. The minimum atomic E-state index is -3.96. The molecule has 1 rings (SSSR count). The van der Waals surface area contributed by atoms with Crippen LogP contribution in [-0.4, -0.2) is 18.2 Å². The van der Waals surface area contributed by atoms with Crippen molar-refractivity contribution in [1.82, 2.24) is 0 Å². The van der Waals surface area contributed by atoms with E-state index in [-0.39, 0.29) is 0 Å². The van der Waals surface area contributed by atoms with Crippen LogP contribution in [0.5, 0.6) is 0 Å². The Morgan fingerprint density at radius 3 is 2.35 bits per heavy atom. The molecule has 1 aromatic rings. The summed E-state index contributed by atoms with van der Waals surface area (Å²) >= 11 is 0. The van der Waals surface area contributed by atoms with Crippen molar-refractivity contribution >= 4 is 16.2 Å². The van der Waals surface area contributed by atoms with Crippen molar-refractivity contribution in [2.24, 2.45) is 0 Å². The Hall–Kier alpha value is -1.13. The van der Waals surface area contributed by atoms with Crippen molar-refractivity contribution in [3.8, 4) is 0 Å². The van der Waals surface area contributed by atoms with Crippen LogP contribution >= 0.6 is 0 Å². The molecule has 0 aromatic heterocycles. The van der Waals surface area contributed by atoms with Crippen LogP contribution in [-0.2, 0) is 16.5 Å². The smallest absolute Gasteiger partial charge is 0.268 e. The van der Waals surface area contributed by atoms with Crippen LogP contribution in [0.2, 0.25) is 0 Å². The van der Waals surface area contributed by atoms with E-state index in [1.54, 1.807) is 6.08 Å². The third kappa shape index (κ3) is 4.32. The largest absolute Gasteiger partial charge is 0.285 e. The molecule has 0 bridgehead atoms. The van der Waals surface area contributed by atoms with E-state index in [0.29, 0.717) is 12.8 Å². The van der Waals surface area contributed by atoms with Gasteiger partial charge in [0, 0.05) is 0 Å². The fourth-order valence-electron chi connectivity index (χ4n) is 1.73. The van der Waals surface area contributed by atoms with Crippen LogP contribution in [0.25, 0.3) is 6.08 Å². The summed E-state index contributed by atoms with van der Waals surface area (Å²) in [6, 6.07) is 7.50. The summed E-state index contributed by atoms with van der Waals surface area (Å²) in [6.07, 6.45) is 3.29. The van der Waals surface area contributed by atoms with E-state index < -0.39 is 15.4 Å². The van der Waals surface area contributed by atoms with Crippen LogP contribution in [0, 0.1) is 0 Å². The zero-order valence-corrected chi connectivity index (χ0v) is 10.8. The van der Waals surface area contributed by atoms with E-state index in [1.165, 1.54) is 0 Å². The SMILES string of the molecule is C=Cc1ccc(CC(CCC)S(=O)(=O)O)cc1. The Kier molecular flexibility index (Phi) is 4.90. The standard InChI is InChI=1S/C13H18O3S/c1-3-5-13(17(14,15)16)10-12-8-6-11(4-2)7-9-12/h4,6-9,13H,2-3,5,10H2,1H3,(H,14,15,16). The van der Waals surface area contributed by atoms with Gasteiger partial charge in [-0.25, -0.2) is 0 Å². The van der Waals surface area contributed by atoms with Crippen LogP contribution in [0.4, 0.5) is 0 Å². The van der Waals surface area contributed by atoms with Gasteiger partial charge in [-0.15, -0.1) is 0 Å². The minimum Gasteiger partial charge on any atom is -0.285 e. The van der Waals surface area contributed by atoms with E-state index in [1.807, 2.05) is 31.2 Å². The van der Waals surface area contributed by atoms with Gasteiger partial charge in [0.15, 0.2) is 0 Å². The van der Waals surface area contributed by atoms with E-state index in [0.717, 1.165) is 17.5 Å². The van der Waals surface area contributed by atoms with E-state index in [2.05, 4.69) is 6.58 Å². The first-order valence-corrected chi connectivity index (χ1v) is 7.15. The summed E-state index contributed by atoms with van der Waals surface area (Å²) in [4.78, 5) is 0. The third-order valence-corrected chi connectivity index (χ3v) is 3.96. The molecule has 0 saturated heterocycles. The topological polar surface area (TPSA) is 54.4 Å². The van der Waals surface area contributed by atoms with Gasteiger partial charge >= 0.3 is 0 Å². The fraction of sp³-hybridized carbons (Fsp3) is 0.385. The lowest BCUT2D eigenvalue weighted by Gasteiger charge is -2.12. The van der Waals surface area contributed by atoms with Gasteiger partial charge in [-0.3, -0.25) is 4.55 Å². The molecular formula is C13H18O3S. The Morgan fingerprint density at radius 1 is 1.35 bits per heavy atom. The van der Waals surface area contributed by atoms with Gasteiger partial charge in [0.2, 0.25) is 0 Å². The molecule has 0 aliphatic rings. The first kappa shape index (κ1) is 13.9. The van der Waals surface area contributed by atoms with Gasteiger partial charge in [-0.05, 0) is 24.0 Å². The van der Waals surface area contributed by atoms with Gasteiger partial charge in [-0.2, -0.15) is 8.42 Å². The summed E-state index contributed by atoms with van der Waals surface area (Å²) in [7, 11) is -3.96. The molecule has 17 heavy (non-hydrogen) atoms. The average molecular weight is 254 g/mol. The lowest BCUT2D eigenvalue weighted by molar-refractivity contribution is 0.459. The van der Waals surface area contributed by atoms with E-state index in [9.17, 15) is 8.42 Å². The van der Waals surface area contributed by atoms with E-state index in [4.69, 9.17) is 4.55 Å². The van der Waals surface area contributed by atoms with Crippen LogP contribution in [0.3, 0.4) is 0 Å². The lowest BCUT2D eigenvalue weighted by atomic mass is 10.1. The van der Waals surface area contributed by atoms with Crippen LogP contribution in [0.15, 0.2) is 30.8 Å². The normalized spacial score (nSPS) is 13.3. The predicted octanol–water partition coefficient (Wildman–Crippen LogP) is 2.93. The highest BCUT2D eigenvalue weighted by molar-refractivity contribution is 7.86. The van der Waals surface area contributed by atoms with Gasteiger partial charge in [0.05, 0.1) is 5.25 Å². The molecule has 1 unspecified atom stereocenters. The monoisotopic (exact) mass is 254 g/mol. The Balaban J connectivity index is 2.82. The molecule has 3 nitrogen and oxygen atoms in total. The summed E-state index contributed by atoms with van der Waals surface area (Å²) in [5.41, 5.74) is 1.90.